The minimum absolute atomic E-state index is 0.0789. The van der Waals surface area contributed by atoms with Crippen LogP contribution in [0.15, 0.2) is 5.10 Å². The molecule has 0 amide bonds. The molecule has 1 aromatic heterocycles. The normalized spacial score (nSPS) is 28.0. The molecule has 5 heterocycles. The predicted molar refractivity (Wildman–Crippen MR) is 178 cm³/mol. The number of rotatable bonds is 4. The highest BCUT2D eigenvalue weighted by Crippen LogP contribution is 2.67. The van der Waals surface area contributed by atoms with Crippen molar-refractivity contribution < 1.29 is 0 Å². The Morgan fingerprint density at radius 2 is 1.26 bits per heavy atom. The Bertz CT molecular complexity index is 1220. The summed E-state index contributed by atoms with van der Waals surface area (Å²) in [5.74, 6) is 9.76. The maximum atomic E-state index is 7.30. The molecule has 3 N–H and O–H groups in total. The topological polar surface area (TPSA) is 95.6 Å². The number of anilines is 1. The fraction of sp³-hybridized carbons (Fsp3) is 0.886. The molecule has 1 aliphatic carbocycles. The Morgan fingerprint density at radius 1 is 0.744 bits per heavy atom. The van der Waals surface area contributed by atoms with Gasteiger partial charge in [-0.05, 0) is 113 Å². The van der Waals surface area contributed by atoms with Crippen LogP contribution >= 0.6 is 0 Å². The molecule has 2 spiro atoms. The number of piperidine rings is 2. The molecule has 1 aromatic rings. The molecule has 0 aromatic carbocycles. The van der Waals surface area contributed by atoms with Gasteiger partial charge in [0.1, 0.15) is 5.41 Å². The molecular weight excluding hydrogens is 532 g/mol. The molecule has 0 atom stereocenters. The summed E-state index contributed by atoms with van der Waals surface area (Å²) >= 11 is 0. The van der Waals surface area contributed by atoms with Crippen LogP contribution in [0, 0.1) is 10.8 Å². The summed E-state index contributed by atoms with van der Waals surface area (Å²) in [5.41, 5.74) is -0.739. The molecule has 8 heteroatoms. The van der Waals surface area contributed by atoms with E-state index in [4.69, 9.17) is 25.9 Å². The Balaban J connectivity index is 1.75. The molecule has 2 bridgehead atoms. The lowest BCUT2D eigenvalue weighted by Crippen LogP contribution is -2.83. The van der Waals surface area contributed by atoms with E-state index in [1.807, 2.05) is 0 Å². The number of fused-ring (bicyclic) bond motifs is 2. The first kappa shape index (κ1) is 32.6. The monoisotopic (exact) mass is 595 g/mol. The third kappa shape index (κ3) is 4.83. The lowest BCUT2D eigenvalue weighted by atomic mass is 9.43. The van der Waals surface area contributed by atoms with Crippen LogP contribution in [-0.4, -0.2) is 58.4 Å². The molecule has 0 unspecified atom stereocenters. The first-order valence-corrected chi connectivity index (χ1v) is 17.0. The highest BCUT2D eigenvalue weighted by atomic mass is 15.6. The number of nitrogens with two attached hydrogens (primary N) is 1. The number of nitrogens with zero attached hydrogens (tertiary/aromatic N) is 6. The van der Waals surface area contributed by atoms with E-state index in [1.165, 1.54) is 32.1 Å². The van der Waals surface area contributed by atoms with Crippen molar-refractivity contribution in [3.8, 4) is 0 Å². The van der Waals surface area contributed by atoms with Gasteiger partial charge in [0, 0.05) is 16.5 Å². The predicted octanol–water partition coefficient (Wildman–Crippen LogP) is 7.58. The smallest absolute Gasteiger partial charge is 0.226 e. The minimum atomic E-state index is -0.580. The van der Waals surface area contributed by atoms with Crippen molar-refractivity contribution in [2.45, 2.75) is 187 Å². The molecule has 2 saturated heterocycles. The van der Waals surface area contributed by atoms with Gasteiger partial charge in [-0.1, -0.05) is 46.5 Å². The third-order valence-corrected chi connectivity index (χ3v) is 11.6. The largest absolute Gasteiger partial charge is 0.349 e. The number of hydrazone groups is 1. The van der Waals surface area contributed by atoms with E-state index in [0.717, 1.165) is 49.5 Å². The van der Waals surface area contributed by atoms with Crippen LogP contribution in [0.5, 0.6) is 0 Å². The number of hydrazine groups is 1. The van der Waals surface area contributed by atoms with Gasteiger partial charge in [0.15, 0.2) is 11.6 Å². The van der Waals surface area contributed by atoms with Gasteiger partial charge in [-0.25, -0.2) is 9.99 Å². The van der Waals surface area contributed by atoms with Crippen LogP contribution in [0.25, 0.3) is 0 Å². The number of aromatic nitrogens is 3. The van der Waals surface area contributed by atoms with Gasteiger partial charge in [-0.3, -0.25) is 10.9 Å². The van der Waals surface area contributed by atoms with Gasteiger partial charge < -0.3 is 5.32 Å². The first-order chi connectivity index (χ1) is 19.5. The van der Waals surface area contributed by atoms with E-state index >= 15 is 0 Å². The van der Waals surface area contributed by atoms with E-state index in [-0.39, 0.29) is 33.0 Å². The Hall–Kier alpha value is -1.80. The third-order valence-electron chi connectivity index (χ3n) is 11.6. The molecule has 1 saturated carbocycles. The molecule has 3 fully saturated rings. The summed E-state index contributed by atoms with van der Waals surface area (Å²) in [6.07, 6.45) is 11.4. The average Bonchev–Trinajstić information content (AvgIpc) is 3.09. The summed E-state index contributed by atoms with van der Waals surface area (Å²) in [4.78, 5) is 15.7. The molecule has 242 valence electrons. The number of hydrogen-bond acceptors (Lipinski definition) is 8. The zero-order chi connectivity index (χ0) is 32.1. The maximum absolute atomic E-state index is 7.30. The van der Waals surface area contributed by atoms with Crippen LogP contribution in [0.1, 0.15) is 166 Å². The van der Waals surface area contributed by atoms with Gasteiger partial charge in [-0.2, -0.15) is 15.1 Å². The van der Waals surface area contributed by atoms with Crippen molar-refractivity contribution in [1.82, 2.24) is 25.0 Å². The van der Waals surface area contributed by atoms with Crippen molar-refractivity contribution >= 4 is 11.7 Å². The van der Waals surface area contributed by atoms with Crippen LogP contribution in [0.2, 0.25) is 0 Å². The lowest BCUT2D eigenvalue weighted by Gasteiger charge is -2.70. The molecule has 6 rings (SSSR count). The van der Waals surface area contributed by atoms with E-state index in [2.05, 4.69) is 105 Å². The van der Waals surface area contributed by atoms with E-state index in [1.54, 1.807) is 0 Å². The first-order valence-electron chi connectivity index (χ1n) is 17.0. The molecular formula is C35H62N8. The average molecular weight is 595 g/mol. The summed E-state index contributed by atoms with van der Waals surface area (Å²) in [7, 11) is 0. The summed E-state index contributed by atoms with van der Waals surface area (Å²) < 4.78 is 0. The fourth-order valence-electron chi connectivity index (χ4n) is 10.2. The minimum Gasteiger partial charge on any atom is -0.349 e. The second-order valence-corrected chi connectivity index (χ2v) is 18.5. The van der Waals surface area contributed by atoms with Gasteiger partial charge in [0.25, 0.3) is 0 Å². The van der Waals surface area contributed by atoms with Crippen LogP contribution in [0.4, 0.5) is 5.95 Å². The second-order valence-electron chi connectivity index (χ2n) is 18.5. The quantitative estimate of drug-likeness (QED) is 0.347. The van der Waals surface area contributed by atoms with Gasteiger partial charge in [0.05, 0.1) is 22.3 Å². The molecule has 5 aliphatic rings. The summed E-state index contributed by atoms with van der Waals surface area (Å²) in [6.45, 7) is 30.0. The summed E-state index contributed by atoms with van der Waals surface area (Å²) in [6, 6.07) is 0. The molecule has 43 heavy (non-hydrogen) atoms. The highest BCUT2D eigenvalue weighted by molar-refractivity contribution is 6.06. The van der Waals surface area contributed by atoms with Gasteiger partial charge in [0.2, 0.25) is 5.95 Å². The van der Waals surface area contributed by atoms with Crippen molar-refractivity contribution in [3.63, 3.8) is 0 Å². The molecule has 0 radical (unpaired) electrons. The second kappa shape index (κ2) is 9.85. The Labute approximate surface area is 262 Å². The van der Waals surface area contributed by atoms with Gasteiger partial charge >= 0.3 is 0 Å². The fourth-order valence-corrected chi connectivity index (χ4v) is 10.2. The van der Waals surface area contributed by atoms with Crippen LogP contribution in [-0.2, 0) is 5.41 Å². The van der Waals surface area contributed by atoms with Crippen LogP contribution in [0.3, 0.4) is 0 Å². The SMILES string of the molecule is CC(C)(C)CC(C)(C)Nc1nc2nc(n1)C21C(=NN2C(C)(C)CCCC2(C)C)C(C)(C)N(N)C(C)(C)C12CCCCCC2. The van der Waals surface area contributed by atoms with Crippen molar-refractivity contribution in [2.24, 2.45) is 21.8 Å². The Kier molecular flexibility index (Phi) is 7.46. The van der Waals surface area contributed by atoms with Crippen molar-refractivity contribution in [2.75, 3.05) is 5.32 Å². The standard InChI is InChI=1S/C35H62N8/c1-28(2,3)23-29(4,5)40-27-38-25-35(26(37-25)39-27)24(41-43-30(6,7)19-18-20-31(43,8)9)32(10,11)42(36)33(12,13)34(35)21-16-14-15-17-22-34/h14-23,36H2,1-13H3,(H,37,38,39,40). The van der Waals surface area contributed by atoms with Crippen molar-refractivity contribution in [3.05, 3.63) is 11.6 Å². The zero-order valence-electron chi connectivity index (χ0n) is 29.8. The zero-order valence-corrected chi connectivity index (χ0v) is 29.8. The number of hydrogen-bond donors (Lipinski definition) is 2. The Morgan fingerprint density at radius 3 is 1.74 bits per heavy atom. The van der Waals surface area contributed by atoms with E-state index in [9.17, 15) is 0 Å². The van der Waals surface area contributed by atoms with Crippen LogP contribution < -0.4 is 11.2 Å². The van der Waals surface area contributed by atoms with Crippen molar-refractivity contribution in [1.29, 1.82) is 0 Å². The summed E-state index contributed by atoms with van der Waals surface area (Å²) in [5, 5.41) is 14.1. The molecule has 8 nitrogen and oxygen atoms in total. The lowest BCUT2D eigenvalue weighted by molar-refractivity contribution is -0.117. The number of nitrogens with one attached hydrogen (secondary N) is 1. The highest BCUT2D eigenvalue weighted by Gasteiger charge is 2.77. The molecule has 4 aliphatic heterocycles. The maximum Gasteiger partial charge on any atom is 0.226 e. The van der Waals surface area contributed by atoms with E-state index in [0.29, 0.717) is 5.95 Å². The van der Waals surface area contributed by atoms with Gasteiger partial charge in [-0.15, -0.1) is 0 Å². The van der Waals surface area contributed by atoms with E-state index < -0.39 is 11.0 Å².